The first-order valence-corrected chi connectivity index (χ1v) is 9.25. The summed E-state index contributed by atoms with van der Waals surface area (Å²) >= 11 is 7.59. The molecule has 1 saturated heterocycles. The Morgan fingerprint density at radius 1 is 1.22 bits per heavy atom. The van der Waals surface area contributed by atoms with Gasteiger partial charge in [0.25, 0.3) is 0 Å². The molecule has 1 fully saturated rings. The van der Waals surface area contributed by atoms with Crippen LogP contribution in [0.4, 0.5) is 4.39 Å². The molecular weight excluding hydrogens is 333 g/mol. The van der Waals surface area contributed by atoms with Crippen molar-refractivity contribution in [1.29, 1.82) is 0 Å². The molecule has 23 heavy (non-hydrogen) atoms. The fourth-order valence-electron chi connectivity index (χ4n) is 3.20. The molecule has 1 unspecified atom stereocenters. The van der Waals surface area contributed by atoms with E-state index in [1.165, 1.54) is 29.0 Å². The van der Waals surface area contributed by atoms with Crippen LogP contribution >= 0.6 is 22.9 Å². The predicted octanol–water partition coefficient (Wildman–Crippen LogP) is 4.53. The minimum absolute atomic E-state index is 0.176. The lowest BCUT2D eigenvalue weighted by Crippen LogP contribution is -2.37. The van der Waals surface area contributed by atoms with Crippen molar-refractivity contribution >= 4 is 22.9 Å². The van der Waals surface area contributed by atoms with Gasteiger partial charge in [-0.05, 0) is 67.4 Å². The van der Waals surface area contributed by atoms with Crippen molar-refractivity contribution in [2.24, 2.45) is 5.92 Å². The van der Waals surface area contributed by atoms with E-state index in [0.717, 1.165) is 37.2 Å². The van der Waals surface area contributed by atoms with E-state index in [0.29, 0.717) is 17.5 Å². The summed E-state index contributed by atoms with van der Waals surface area (Å²) in [6, 6.07) is 8.66. The molecule has 2 nitrogen and oxygen atoms in total. The quantitative estimate of drug-likeness (QED) is 0.853. The van der Waals surface area contributed by atoms with Crippen LogP contribution in [-0.2, 0) is 6.42 Å². The molecule has 0 spiro atoms. The van der Waals surface area contributed by atoms with Gasteiger partial charge >= 0.3 is 0 Å². The molecule has 0 radical (unpaired) electrons. The first kappa shape index (κ1) is 16.9. The summed E-state index contributed by atoms with van der Waals surface area (Å²) in [5.41, 5.74) is 1.20. The summed E-state index contributed by atoms with van der Waals surface area (Å²) in [7, 11) is 0. The number of rotatable bonds is 5. The maximum atomic E-state index is 12.9. The molecule has 2 heterocycles. The Kier molecular flexibility index (Phi) is 5.70. The number of nitrogens with zero attached hydrogens (tertiary/aromatic N) is 1. The van der Waals surface area contributed by atoms with Crippen LogP contribution in [0.1, 0.15) is 29.4 Å². The molecule has 1 atom stereocenters. The Labute approximate surface area is 145 Å². The molecule has 1 aliphatic rings. The molecule has 5 heteroatoms. The molecule has 0 bridgehead atoms. The summed E-state index contributed by atoms with van der Waals surface area (Å²) in [5, 5.41) is 12.9. The monoisotopic (exact) mass is 353 g/mol. The molecule has 1 aromatic carbocycles. The average molecular weight is 354 g/mol. The Balaban J connectivity index is 1.47. The maximum Gasteiger partial charge on any atom is 0.123 e. The maximum absolute atomic E-state index is 12.9. The van der Waals surface area contributed by atoms with E-state index in [1.54, 1.807) is 0 Å². The van der Waals surface area contributed by atoms with Gasteiger partial charge in [0.2, 0.25) is 0 Å². The molecule has 1 aromatic heterocycles. The van der Waals surface area contributed by atoms with Crippen molar-refractivity contribution < 1.29 is 9.50 Å². The van der Waals surface area contributed by atoms with Gasteiger partial charge in [0.15, 0.2) is 0 Å². The zero-order chi connectivity index (χ0) is 16.2. The largest absolute Gasteiger partial charge is 0.386 e. The van der Waals surface area contributed by atoms with Crippen LogP contribution in [0.2, 0.25) is 5.02 Å². The number of halogens is 2. The highest BCUT2D eigenvalue weighted by molar-refractivity contribution is 7.10. The van der Waals surface area contributed by atoms with Crippen LogP contribution in [0.25, 0.3) is 0 Å². The number of thiophene rings is 1. The molecule has 124 valence electrons. The smallest absolute Gasteiger partial charge is 0.123 e. The molecule has 1 aliphatic heterocycles. The molecule has 0 saturated carbocycles. The zero-order valence-corrected chi connectivity index (χ0v) is 14.5. The number of β-amino-alcohol motifs (C(OH)–C–C–N with tert-alkyl or cyclic N) is 1. The topological polar surface area (TPSA) is 23.5 Å². The van der Waals surface area contributed by atoms with Crippen molar-refractivity contribution in [3.8, 4) is 0 Å². The Morgan fingerprint density at radius 3 is 2.52 bits per heavy atom. The van der Waals surface area contributed by atoms with E-state index in [4.69, 9.17) is 11.6 Å². The zero-order valence-electron chi connectivity index (χ0n) is 12.9. The van der Waals surface area contributed by atoms with Crippen molar-refractivity contribution in [3.05, 3.63) is 57.0 Å². The lowest BCUT2D eigenvalue weighted by molar-refractivity contribution is 0.0914. The third kappa shape index (κ3) is 4.54. The summed E-state index contributed by atoms with van der Waals surface area (Å²) in [6.07, 6.45) is 2.73. The first-order chi connectivity index (χ1) is 11.1. The van der Waals surface area contributed by atoms with Gasteiger partial charge in [0.05, 0.1) is 9.90 Å². The van der Waals surface area contributed by atoms with Gasteiger partial charge in [-0.15, -0.1) is 11.3 Å². The second kappa shape index (κ2) is 7.75. The van der Waals surface area contributed by atoms with E-state index in [1.807, 2.05) is 23.6 Å². The van der Waals surface area contributed by atoms with Gasteiger partial charge in [0, 0.05) is 6.54 Å². The average Bonchev–Trinajstić information content (AvgIpc) is 2.98. The van der Waals surface area contributed by atoms with Crippen molar-refractivity contribution in [2.75, 3.05) is 19.6 Å². The Morgan fingerprint density at radius 2 is 1.91 bits per heavy atom. The highest BCUT2D eigenvalue weighted by atomic mass is 35.5. The van der Waals surface area contributed by atoms with Crippen LogP contribution in [-0.4, -0.2) is 29.6 Å². The van der Waals surface area contributed by atoms with Gasteiger partial charge in [-0.3, -0.25) is 0 Å². The number of benzene rings is 1. The molecule has 1 N–H and O–H groups in total. The fourth-order valence-corrected chi connectivity index (χ4v) is 4.36. The number of hydrogen-bond acceptors (Lipinski definition) is 3. The lowest BCUT2D eigenvalue weighted by atomic mass is 9.90. The highest BCUT2D eigenvalue weighted by Gasteiger charge is 2.23. The summed E-state index contributed by atoms with van der Waals surface area (Å²) in [4.78, 5) is 3.17. The third-order valence-electron chi connectivity index (χ3n) is 4.52. The fraction of sp³-hybridized carbons (Fsp3) is 0.444. The first-order valence-electron chi connectivity index (χ1n) is 7.99. The molecule has 2 aromatic rings. The van der Waals surface area contributed by atoms with Crippen molar-refractivity contribution in [1.82, 2.24) is 4.90 Å². The van der Waals surface area contributed by atoms with Crippen molar-refractivity contribution in [3.63, 3.8) is 0 Å². The van der Waals surface area contributed by atoms with Gasteiger partial charge < -0.3 is 10.0 Å². The second-order valence-corrected chi connectivity index (χ2v) is 7.58. The Bertz CT molecular complexity index is 622. The minimum atomic E-state index is -0.504. The SMILES string of the molecule is OC(CN1CCC(Cc2ccc(F)cc2)CC1)c1sccc1Cl. The summed E-state index contributed by atoms with van der Waals surface area (Å²) < 4.78 is 12.9. The molecule has 0 amide bonds. The second-order valence-electron chi connectivity index (χ2n) is 6.22. The third-order valence-corrected chi connectivity index (χ3v) is 5.98. The van der Waals surface area contributed by atoms with Gasteiger partial charge in [-0.25, -0.2) is 4.39 Å². The van der Waals surface area contributed by atoms with Gasteiger partial charge in [-0.1, -0.05) is 23.7 Å². The van der Waals surface area contributed by atoms with E-state index < -0.39 is 6.10 Å². The molecule has 3 rings (SSSR count). The van der Waals surface area contributed by atoms with E-state index in [2.05, 4.69) is 4.90 Å². The van der Waals surface area contributed by atoms with Crippen LogP contribution in [0, 0.1) is 11.7 Å². The Hall–Kier alpha value is -0.940. The normalized spacial score (nSPS) is 18.2. The molecule has 0 aliphatic carbocycles. The minimum Gasteiger partial charge on any atom is -0.386 e. The number of aliphatic hydroxyl groups is 1. The summed E-state index contributed by atoms with van der Waals surface area (Å²) in [5.74, 6) is 0.462. The number of hydrogen-bond donors (Lipinski definition) is 1. The van der Waals surface area contributed by atoms with Crippen LogP contribution in [0.15, 0.2) is 35.7 Å². The van der Waals surface area contributed by atoms with Crippen LogP contribution in [0.5, 0.6) is 0 Å². The van der Waals surface area contributed by atoms with Crippen LogP contribution < -0.4 is 0 Å². The standard InChI is InChI=1S/C18H21ClFNOS/c19-16-7-10-23-18(16)17(22)12-21-8-5-14(6-9-21)11-13-1-3-15(20)4-2-13/h1-4,7,10,14,17,22H,5-6,8-9,11-12H2. The van der Waals surface area contributed by atoms with Gasteiger partial charge in [-0.2, -0.15) is 0 Å². The van der Waals surface area contributed by atoms with E-state index in [9.17, 15) is 9.50 Å². The lowest BCUT2D eigenvalue weighted by Gasteiger charge is -2.33. The van der Waals surface area contributed by atoms with Gasteiger partial charge in [0.1, 0.15) is 11.9 Å². The van der Waals surface area contributed by atoms with Crippen LogP contribution in [0.3, 0.4) is 0 Å². The number of aliphatic hydroxyl groups excluding tert-OH is 1. The number of likely N-dealkylation sites (tertiary alicyclic amines) is 1. The van der Waals surface area contributed by atoms with E-state index >= 15 is 0 Å². The van der Waals surface area contributed by atoms with E-state index in [-0.39, 0.29) is 5.82 Å². The summed E-state index contributed by atoms with van der Waals surface area (Å²) in [6.45, 7) is 2.63. The highest BCUT2D eigenvalue weighted by Crippen LogP contribution is 2.30. The molecular formula is C18H21ClFNOS. The predicted molar refractivity (Wildman–Crippen MR) is 93.6 cm³/mol. The van der Waals surface area contributed by atoms with Crippen molar-refractivity contribution in [2.45, 2.75) is 25.4 Å². The number of piperidine rings is 1.